The van der Waals surface area contributed by atoms with E-state index in [1.807, 2.05) is 55.3 Å². The van der Waals surface area contributed by atoms with Gasteiger partial charge in [-0.15, -0.1) is 0 Å². The van der Waals surface area contributed by atoms with Gasteiger partial charge in [-0.3, -0.25) is 4.79 Å². The molecule has 1 aliphatic carbocycles. The Morgan fingerprint density at radius 2 is 2.03 bits per heavy atom. The molecule has 1 amide bonds. The largest absolute Gasteiger partial charge is 0.361 e. The number of carbonyl (C=O) groups excluding carboxylic acids is 1. The lowest BCUT2D eigenvalue weighted by Crippen LogP contribution is -2.48. The second-order valence-electron chi connectivity index (χ2n) is 8.61. The number of hydrogen-bond donors (Lipinski definition) is 0. The van der Waals surface area contributed by atoms with Crippen molar-refractivity contribution in [1.82, 2.24) is 20.0 Å². The van der Waals surface area contributed by atoms with E-state index >= 15 is 0 Å². The first kappa shape index (κ1) is 19.0. The van der Waals surface area contributed by atoms with Gasteiger partial charge in [0.05, 0.1) is 17.8 Å². The SMILES string of the molecule is Cc1noc(C)c1CC(=O)N1CCCC2(CCc3cnc(-c4ccccc4)nc32)C1. The standard InChI is InChI=1S/C24H26N4O2/c1-16-20(17(2)30-27-16)13-21(29)28-12-6-10-24(15-28)11-9-19-14-25-23(26-22(19)24)18-7-4-3-5-8-18/h3-5,7-8,14H,6,9-13,15H2,1-2H3. The van der Waals surface area contributed by atoms with Crippen LogP contribution in [0.3, 0.4) is 0 Å². The Kier molecular flexibility index (Phi) is 4.65. The van der Waals surface area contributed by atoms with Crippen molar-refractivity contribution in [2.75, 3.05) is 13.1 Å². The molecule has 3 aromatic rings. The maximum atomic E-state index is 13.1. The highest BCUT2D eigenvalue weighted by Crippen LogP contribution is 2.44. The zero-order chi connectivity index (χ0) is 20.7. The van der Waals surface area contributed by atoms with Gasteiger partial charge < -0.3 is 9.42 Å². The Bertz CT molecular complexity index is 1070. The molecule has 0 saturated carbocycles. The maximum Gasteiger partial charge on any atom is 0.227 e. The fourth-order valence-corrected chi connectivity index (χ4v) is 5.03. The molecule has 3 heterocycles. The minimum absolute atomic E-state index is 0.0611. The number of nitrogens with zero attached hydrogens (tertiary/aromatic N) is 4. The van der Waals surface area contributed by atoms with Crippen molar-refractivity contribution < 1.29 is 9.32 Å². The molecular formula is C24H26N4O2. The van der Waals surface area contributed by atoms with E-state index < -0.39 is 0 Å². The average Bonchev–Trinajstić information content (AvgIpc) is 3.28. The number of carbonyl (C=O) groups is 1. The molecule has 0 radical (unpaired) electrons. The number of amides is 1. The molecule has 154 valence electrons. The molecule has 2 aromatic heterocycles. The number of piperidine rings is 1. The van der Waals surface area contributed by atoms with Crippen LogP contribution in [0.25, 0.3) is 11.4 Å². The monoisotopic (exact) mass is 402 g/mol. The number of hydrogen-bond acceptors (Lipinski definition) is 5. The molecule has 1 aromatic carbocycles. The van der Waals surface area contributed by atoms with Crippen LogP contribution in [0, 0.1) is 13.8 Å². The average molecular weight is 402 g/mol. The van der Waals surface area contributed by atoms with Crippen LogP contribution in [0.5, 0.6) is 0 Å². The maximum absolute atomic E-state index is 13.1. The first-order chi connectivity index (χ1) is 14.6. The van der Waals surface area contributed by atoms with E-state index in [2.05, 4.69) is 10.1 Å². The fourth-order valence-electron chi connectivity index (χ4n) is 5.03. The van der Waals surface area contributed by atoms with Crippen molar-refractivity contribution in [1.29, 1.82) is 0 Å². The summed E-state index contributed by atoms with van der Waals surface area (Å²) in [6.07, 6.45) is 6.42. The topological polar surface area (TPSA) is 72.1 Å². The van der Waals surface area contributed by atoms with Crippen molar-refractivity contribution in [3.63, 3.8) is 0 Å². The summed E-state index contributed by atoms with van der Waals surface area (Å²) in [7, 11) is 0. The second kappa shape index (κ2) is 7.35. The molecule has 1 unspecified atom stereocenters. The highest BCUT2D eigenvalue weighted by molar-refractivity contribution is 5.79. The summed E-state index contributed by atoms with van der Waals surface area (Å²) in [5.74, 6) is 1.66. The minimum atomic E-state index is -0.0611. The molecule has 2 aliphatic rings. The van der Waals surface area contributed by atoms with E-state index in [1.165, 1.54) is 5.56 Å². The van der Waals surface area contributed by atoms with Crippen molar-refractivity contribution in [2.45, 2.75) is 51.4 Å². The van der Waals surface area contributed by atoms with Crippen molar-refractivity contribution in [3.8, 4) is 11.4 Å². The summed E-state index contributed by atoms with van der Waals surface area (Å²) in [5, 5.41) is 3.99. The molecule has 30 heavy (non-hydrogen) atoms. The lowest BCUT2D eigenvalue weighted by atomic mass is 9.77. The van der Waals surface area contributed by atoms with Crippen molar-refractivity contribution in [2.24, 2.45) is 0 Å². The van der Waals surface area contributed by atoms with E-state index in [1.54, 1.807) is 0 Å². The van der Waals surface area contributed by atoms with Gasteiger partial charge in [-0.1, -0.05) is 35.5 Å². The zero-order valence-corrected chi connectivity index (χ0v) is 17.5. The lowest BCUT2D eigenvalue weighted by Gasteiger charge is -2.40. The summed E-state index contributed by atoms with van der Waals surface area (Å²) in [6, 6.07) is 10.1. The zero-order valence-electron chi connectivity index (χ0n) is 17.5. The van der Waals surface area contributed by atoms with Gasteiger partial charge in [0.2, 0.25) is 5.91 Å². The number of rotatable bonds is 3. The van der Waals surface area contributed by atoms with Crippen LogP contribution in [0.4, 0.5) is 0 Å². The van der Waals surface area contributed by atoms with Gasteiger partial charge in [-0.05, 0) is 45.1 Å². The normalized spacial score (nSPS) is 20.5. The highest BCUT2D eigenvalue weighted by atomic mass is 16.5. The number of likely N-dealkylation sites (tertiary alicyclic amines) is 1. The van der Waals surface area contributed by atoms with Gasteiger partial charge in [0, 0.05) is 35.8 Å². The molecule has 1 spiro atoms. The van der Waals surface area contributed by atoms with E-state index in [-0.39, 0.29) is 11.3 Å². The molecule has 1 saturated heterocycles. The lowest BCUT2D eigenvalue weighted by molar-refractivity contribution is -0.132. The Morgan fingerprint density at radius 3 is 2.80 bits per heavy atom. The predicted molar refractivity (Wildman–Crippen MR) is 113 cm³/mol. The third-order valence-electron chi connectivity index (χ3n) is 6.71. The summed E-state index contributed by atoms with van der Waals surface area (Å²) in [4.78, 5) is 24.8. The quantitative estimate of drug-likeness (QED) is 0.666. The number of benzene rings is 1. The molecule has 1 aliphatic heterocycles. The fraction of sp³-hybridized carbons (Fsp3) is 0.417. The van der Waals surface area contributed by atoms with Gasteiger partial charge >= 0.3 is 0 Å². The van der Waals surface area contributed by atoms with E-state index in [4.69, 9.17) is 9.51 Å². The second-order valence-corrected chi connectivity index (χ2v) is 8.61. The summed E-state index contributed by atoms with van der Waals surface area (Å²) in [5.41, 5.74) is 5.07. The molecule has 6 nitrogen and oxygen atoms in total. The number of fused-ring (bicyclic) bond motifs is 2. The van der Waals surface area contributed by atoms with Crippen LogP contribution in [-0.2, 0) is 23.1 Å². The number of aromatic nitrogens is 3. The van der Waals surface area contributed by atoms with Crippen LogP contribution < -0.4 is 0 Å². The molecule has 0 bridgehead atoms. The van der Waals surface area contributed by atoms with Gasteiger partial charge in [0.15, 0.2) is 5.82 Å². The molecular weight excluding hydrogens is 376 g/mol. The Labute approximate surface area is 176 Å². The summed E-state index contributed by atoms with van der Waals surface area (Å²) in [6.45, 7) is 5.30. The van der Waals surface area contributed by atoms with Crippen LogP contribution >= 0.6 is 0 Å². The third-order valence-corrected chi connectivity index (χ3v) is 6.71. The number of aryl methyl sites for hydroxylation is 3. The van der Waals surface area contributed by atoms with E-state index in [0.717, 1.165) is 72.9 Å². The summed E-state index contributed by atoms with van der Waals surface area (Å²) >= 11 is 0. The first-order valence-corrected chi connectivity index (χ1v) is 10.7. The smallest absolute Gasteiger partial charge is 0.227 e. The van der Waals surface area contributed by atoms with Crippen molar-refractivity contribution >= 4 is 5.91 Å². The Morgan fingerprint density at radius 1 is 1.20 bits per heavy atom. The molecule has 6 heteroatoms. The summed E-state index contributed by atoms with van der Waals surface area (Å²) < 4.78 is 5.24. The molecule has 1 fully saturated rings. The predicted octanol–water partition coefficient (Wildman–Crippen LogP) is 3.80. The van der Waals surface area contributed by atoms with Crippen molar-refractivity contribution in [3.05, 3.63) is 64.8 Å². The first-order valence-electron chi connectivity index (χ1n) is 10.7. The van der Waals surface area contributed by atoms with Gasteiger partial charge in [-0.25, -0.2) is 9.97 Å². The molecule has 0 N–H and O–H groups in total. The van der Waals surface area contributed by atoms with Gasteiger partial charge in [0.25, 0.3) is 0 Å². The molecule has 5 rings (SSSR count). The van der Waals surface area contributed by atoms with Crippen LogP contribution in [-0.4, -0.2) is 39.0 Å². The van der Waals surface area contributed by atoms with Gasteiger partial charge in [-0.2, -0.15) is 0 Å². The van der Waals surface area contributed by atoms with E-state index in [0.29, 0.717) is 6.42 Å². The highest BCUT2D eigenvalue weighted by Gasteiger charge is 2.44. The van der Waals surface area contributed by atoms with Gasteiger partial charge in [0.1, 0.15) is 5.76 Å². The minimum Gasteiger partial charge on any atom is -0.361 e. The third kappa shape index (κ3) is 3.20. The van der Waals surface area contributed by atoms with Crippen LogP contribution in [0.2, 0.25) is 0 Å². The van der Waals surface area contributed by atoms with Crippen LogP contribution in [0.15, 0.2) is 41.1 Å². The van der Waals surface area contributed by atoms with E-state index in [9.17, 15) is 4.79 Å². The Balaban J connectivity index is 1.42. The molecule has 1 atom stereocenters. The Hall–Kier alpha value is -3.02. The van der Waals surface area contributed by atoms with Crippen LogP contribution in [0.1, 0.15) is 47.5 Å².